The number of benzene rings is 2. The van der Waals surface area contributed by atoms with Crippen molar-refractivity contribution in [1.29, 1.82) is 5.41 Å². The van der Waals surface area contributed by atoms with Crippen molar-refractivity contribution in [2.45, 2.75) is 6.54 Å². The lowest BCUT2D eigenvalue weighted by Crippen LogP contribution is -2.10. The molecule has 0 bridgehead atoms. The van der Waals surface area contributed by atoms with Gasteiger partial charge in [-0.3, -0.25) is 5.41 Å². The second-order valence-electron chi connectivity index (χ2n) is 5.00. The molecule has 0 spiro atoms. The molecule has 2 aromatic carbocycles. The highest BCUT2D eigenvalue weighted by molar-refractivity contribution is 8.93. The molecule has 0 aliphatic rings. The third-order valence-electron chi connectivity index (χ3n) is 3.40. The van der Waals surface area contributed by atoms with Crippen LogP contribution in [0, 0.1) is 5.41 Å². The summed E-state index contributed by atoms with van der Waals surface area (Å²) in [4.78, 5) is 12.0. The van der Waals surface area contributed by atoms with Crippen LogP contribution in [0.5, 0.6) is 5.75 Å². The van der Waals surface area contributed by atoms with Crippen LogP contribution < -0.4 is 16.2 Å². The minimum absolute atomic E-state index is 0. The number of fused-ring (bicyclic) bond motifs is 1. The zero-order valence-electron chi connectivity index (χ0n) is 13.0. The first-order valence-corrected chi connectivity index (χ1v) is 6.96. The third kappa shape index (κ3) is 4.68. The van der Waals surface area contributed by atoms with Gasteiger partial charge < -0.3 is 20.6 Å². The number of ether oxygens (including phenoxy) is 1. The molecule has 0 fully saturated rings. The Hall–Kier alpha value is -2.16. The number of hydrogen-bond acceptors (Lipinski definition) is 5. The zero-order valence-corrected chi connectivity index (χ0v) is 16.4. The summed E-state index contributed by atoms with van der Waals surface area (Å²) in [5.41, 5.74) is 11.6. The van der Waals surface area contributed by atoms with Gasteiger partial charge in [-0.25, -0.2) is 4.79 Å². The van der Waals surface area contributed by atoms with E-state index in [1.807, 2.05) is 12.1 Å². The molecule has 3 rings (SSSR count). The summed E-state index contributed by atoms with van der Waals surface area (Å²) in [6.07, 6.45) is 0. The lowest BCUT2D eigenvalue weighted by molar-refractivity contribution is 0.0699. The van der Waals surface area contributed by atoms with E-state index >= 15 is 0 Å². The number of esters is 1. The van der Waals surface area contributed by atoms with Crippen molar-refractivity contribution in [3.63, 3.8) is 0 Å². The molecule has 0 aliphatic heterocycles. The van der Waals surface area contributed by atoms with Gasteiger partial charge in [0.15, 0.2) is 0 Å². The first-order valence-electron chi connectivity index (χ1n) is 6.96. The van der Waals surface area contributed by atoms with Crippen LogP contribution in [0.1, 0.15) is 21.9 Å². The van der Waals surface area contributed by atoms with E-state index in [0.29, 0.717) is 17.1 Å². The Kier molecular flexibility index (Phi) is 7.35. The Labute approximate surface area is 165 Å². The summed E-state index contributed by atoms with van der Waals surface area (Å²) in [6, 6.07) is 13.8. The van der Waals surface area contributed by atoms with E-state index in [1.165, 1.54) is 6.07 Å². The van der Waals surface area contributed by atoms with Gasteiger partial charge in [-0.15, -0.1) is 34.0 Å². The number of nitrogen functional groups attached to an aromatic ring is 1. The molecule has 1 aromatic heterocycles. The molecule has 3 aromatic rings. The van der Waals surface area contributed by atoms with Gasteiger partial charge in [0, 0.05) is 5.56 Å². The summed E-state index contributed by atoms with van der Waals surface area (Å²) in [6.45, 7) is 0.224. The Morgan fingerprint density at radius 1 is 1.04 bits per heavy atom. The highest BCUT2D eigenvalue weighted by atomic mass is 79.9. The number of hydrogen-bond donors (Lipinski definition) is 3. The minimum Gasteiger partial charge on any atom is -0.453 e. The molecule has 0 saturated heterocycles. The average Bonchev–Trinajstić information content (AvgIpc) is 3.03. The van der Waals surface area contributed by atoms with Crippen LogP contribution in [0.3, 0.4) is 0 Å². The molecule has 0 saturated carbocycles. The predicted molar refractivity (Wildman–Crippen MR) is 107 cm³/mol. The number of carbonyl (C=O) groups is 1. The van der Waals surface area contributed by atoms with Crippen molar-refractivity contribution in [2.75, 3.05) is 0 Å². The molecular weight excluding hydrogens is 454 g/mol. The number of furan rings is 1. The predicted octanol–water partition coefficient (Wildman–Crippen LogP) is 3.55. The summed E-state index contributed by atoms with van der Waals surface area (Å²) in [7, 11) is 0. The molecular formula is C17H17Br2N3O3. The van der Waals surface area contributed by atoms with Crippen LogP contribution in [0.2, 0.25) is 0 Å². The highest BCUT2D eigenvalue weighted by Crippen LogP contribution is 2.23. The molecule has 132 valence electrons. The molecule has 8 heteroatoms. The van der Waals surface area contributed by atoms with Crippen molar-refractivity contribution < 1.29 is 13.9 Å². The number of carbonyl (C=O) groups excluding carboxylic acids is 1. The minimum atomic E-state index is -0.579. The van der Waals surface area contributed by atoms with Gasteiger partial charge in [0.2, 0.25) is 5.76 Å². The molecule has 25 heavy (non-hydrogen) atoms. The fourth-order valence-electron chi connectivity index (χ4n) is 2.21. The second kappa shape index (κ2) is 8.80. The van der Waals surface area contributed by atoms with E-state index in [2.05, 4.69) is 0 Å². The molecule has 0 amide bonds. The largest absolute Gasteiger partial charge is 0.453 e. The number of halogens is 2. The Morgan fingerprint density at radius 2 is 1.72 bits per heavy atom. The first-order chi connectivity index (χ1) is 11.1. The smallest absolute Gasteiger partial charge is 0.379 e. The van der Waals surface area contributed by atoms with Crippen LogP contribution in [0.15, 0.2) is 52.9 Å². The SMILES string of the molecule is Br.Br.N=C(N)c1ccc2cc(OC(=O)c3ccc(CN)o3)ccc2c1. The van der Waals surface area contributed by atoms with Crippen LogP contribution in [0.25, 0.3) is 10.8 Å². The maximum Gasteiger partial charge on any atom is 0.379 e. The Morgan fingerprint density at radius 3 is 2.36 bits per heavy atom. The van der Waals surface area contributed by atoms with Gasteiger partial charge in [0.05, 0.1) is 6.54 Å². The van der Waals surface area contributed by atoms with Gasteiger partial charge in [-0.05, 0) is 41.1 Å². The lowest BCUT2D eigenvalue weighted by atomic mass is 10.1. The van der Waals surface area contributed by atoms with E-state index in [4.69, 9.17) is 26.0 Å². The normalized spacial score (nSPS) is 9.80. The molecule has 0 radical (unpaired) electrons. The zero-order chi connectivity index (χ0) is 16.4. The maximum atomic E-state index is 12.0. The molecule has 0 unspecified atom stereocenters. The van der Waals surface area contributed by atoms with E-state index in [0.717, 1.165) is 10.8 Å². The van der Waals surface area contributed by atoms with Gasteiger partial charge in [-0.1, -0.05) is 18.2 Å². The summed E-state index contributed by atoms with van der Waals surface area (Å²) in [5.74, 6) is 0.466. The number of amidine groups is 1. The van der Waals surface area contributed by atoms with Crippen molar-refractivity contribution in [3.05, 3.63) is 65.6 Å². The third-order valence-corrected chi connectivity index (χ3v) is 3.40. The highest BCUT2D eigenvalue weighted by Gasteiger charge is 2.13. The molecule has 5 N–H and O–H groups in total. The number of nitrogens with one attached hydrogen (secondary N) is 1. The van der Waals surface area contributed by atoms with E-state index < -0.39 is 5.97 Å². The van der Waals surface area contributed by atoms with Crippen molar-refractivity contribution in [3.8, 4) is 5.75 Å². The summed E-state index contributed by atoms with van der Waals surface area (Å²) < 4.78 is 10.6. The number of rotatable bonds is 4. The molecule has 0 atom stereocenters. The average molecular weight is 471 g/mol. The standard InChI is InChI=1S/C17H15N3O3.2BrH/c18-9-14-5-6-15(22-14)17(21)23-13-4-3-10-7-12(16(19)20)2-1-11(10)8-13;;/h1-8H,9,18H2,(H3,19,20);2*1H. The Balaban J connectivity index is 0.00000156. The fraction of sp³-hybridized carbons (Fsp3) is 0.0588. The van der Waals surface area contributed by atoms with Gasteiger partial charge in [0.1, 0.15) is 17.3 Å². The lowest BCUT2D eigenvalue weighted by Gasteiger charge is -2.06. The molecule has 1 heterocycles. The Bertz CT molecular complexity index is 909. The monoisotopic (exact) mass is 469 g/mol. The van der Waals surface area contributed by atoms with Crippen molar-refractivity contribution in [1.82, 2.24) is 0 Å². The topological polar surface area (TPSA) is 115 Å². The second-order valence-corrected chi connectivity index (χ2v) is 5.00. The summed E-state index contributed by atoms with van der Waals surface area (Å²) in [5, 5.41) is 9.23. The van der Waals surface area contributed by atoms with E-state index in [-0.39, 0.29) is 52.1 Å². The molecule has 0 aliphatic carbocycles. The van der Waals surface area contributed by atoms with E-state index in [9.17, 15) is 4.79 Å². The van der Waals surface area contributed by atoms with E-state index in [1.54, 1.807) is 30.3 Å². The quantitative estimate of drug-likeness (QED) is 0.233. The van der Waals surface area contributed by atoms with Crippen molar-refractivity contribution in [2.24, 2.45) is 11.5 Å². The van der Waals surface area contributed by atoms with Crippen LogP contribution in [-0.2, 0) is 6.54 Å². The van der Waals surface area contributed by atoms with Crippen LogP contribution in [0.4, 0.5) is 0 Å². The summed E-state index contributed by atoms with van der Waals surface area (Å²) >= 11 is 0. The fourth-order valence-corrected chi connectivity index (χ4v) is 2.21. The maximum absolute atomic E-state index is 12.0. The van der Waals surface area contributed by atoms with Gasteiger partial charge in [-0.2, -0.15) is 0 Å². The van der Waals surface area contributed by atoms with Gasteiger partial charge >= 0.3 is 5.97 Å². The van der Waals surface area contributed by atoms with Crippen molar-refractivity contribution >= 4 is 56.5 Å². The van der Waals surface area contributed by atoms with Gasteiger partial charge in [0.25, 0.3) is 0 Å². The number of nitrogens with two attached hydrogens (primary N) is 2. The first kappa shape index (κ1) is 20.9. The van der Waals surface area contributed by atoms with Crippen LogP contribution in [-0.4, -0.2) is 11.8 Å². The van der Waals surface area contributed by atoms with Crippen LogP contribution >= 0.6 is 34.0 Å². The molecule has 6 nitrogen and oxygen atoms in total.